The summed E-state index contributed by atoms with van der Waals surface area (Å²) in [6, 6.07) is 14.3. The molecule has 0 unspecified atom stereocenters. The van der Waals surface area contributed by atoms with E-state index in [1.807, 2.05) is 22.9 Å². The third kappa shape index (κ3) is 4.03. The van der Waals surface area contributed by atoms with E-state index in [4.69, 9.17) is 14.6 Å². The summed E-state index contributed by atoms with van der Waals surface area (Å²) >= 11 is 0. The SMILES string of the molecule is COc1cccc2c(C(=O)NC3Cc4ccccc4C3)nn(CCN3CCOCC3)c12. The van der Waals surface area contributed by atoms with Gasteiger partial charge in [-0.05, 0) is 30.0 Å². The van der Waals surface area contributed by atoms with E-state index in [9.17, 15) is 4.79 Å². The van der Waals surface area contributed by atoms with Crippen molar-refractivity contribution in [2.24, 2.45) is 0 Å². The molecule has 2 aromatic carbocycles. The molecule has 1 N–H and O–H groups in total. The van der Waals surface area contributed by atoms with Crippen molar-refractivity contribution in [1.29, 1.82) is 0 Å². The lowest BCUT2D eigenvalue weighted by atomic mass is 10.1. The molecule has 2 aliphatic rings. The van der Waals surface area contributed by atoms with Crippen LogP contribution in [0.3, 0.4) is 0 Å². The first-order valence-electron chi connectivity index (χ1n) is 10.9. The molecule has 1 amide bonds. The summed E-state index contributed by atoms with van der Waals surface area (Å²) in [7, 11) is 1.66. The minimum absolute atomic E-state index is 0.101. The van der Waals surface area contributed by atoms with Gasteiger partial charge in [0.25, 0.3) is 5.91 Å². The standard InChI is InChI=1S/C24H28N4O3/c1-30-21-8-4-7-20-22(24(29)25-19-15-17-5-2-3-6-18(17)16-19)26-28(23(20)21)10-9-27-11-13-31-14-12-27/h2-8,19H,9-16H2,1H3,(H,25,29). The van der Waals surface area contributed by atoms with Crippen molar-refractivity contribution in [3.05, 3.63) is 59.3 Å². The molecular formula is C24H28N4O3. The fourth-order valence-electron chi connectivity index (χ4n) is 4.67. The van der Waals surface area contributed by atoms with Gasteiger partial charge >= 0.3 is 0 Å². The van der Waals surface area contributed by atoms with Crippen LogP contribution in [0.4, 0.5) is 0 Å². The molecular weight excluding hydrogens is 392 g/mol. The van der Waals surface area contributed by atoms with Crippen LogP contribution in [0.5, 0.6) is 5.75 Å². The van der Waals surface area contributed by atoms with Crippen LogP contribution in [-0.2, 0) is 24.1 Å². The summed E-state index contributed by atoms with van der Waals surface area (Å²) in [4.78, 5) is 15.6. The predicted octanol–water partition coefficient (Wildman–Crippen LogP) is 2.27. The summed E-state index contributed by atoms with van der Waals surface area (Å²) in [6.07, 6.45) is 1.72. The van der Waals surface area contributed by atoms with E-state index in [0.29, 0.717) is 12.2 Å². The summed E-state index contributed by atoms with van der Waals surface area (Å²) in [5, 5.41) is 8.78. The van der Waals surface area contributed by atoms with Gasteiger partial charge in [-0.2, -0.15) is 5.10 Å². The average molecular weight is 421 g/mol. The van der Waals surface area contributed by atoms with Gasteiger partial charge in [0.1, 0.15) is 11.3 Å². The highest BCUT2D eigenvalue weighted by atomic mass is 16.5. The Labute approximate surface area is 181 Å². The van der Waals surface area contributed by atoms with Crippen molar-refractivity contribution in [1.82, 2.24) is 20.0 Å². The molecule has 0 spiro atoms. The van der Waals surface area contributed by atoms with Gasteiger partial charge in [0.05, 0.1) is 26.9 Å². The highest BCUT2D eigenvalue weighted by Gasteiger charge is 2.26. The molecule has 31 heavy (non-hydrogen) atoms. The topological polar surface area (TPSA) is 68.6 Å². The van der Waals surface area contributed by atoms with Crippen LogP contribution in [0.1, 0.15) is 21.6 Å². The molecule has 0 bridgehead atoms. The highest BCUT2D eigenvalue weighted by molar-refractivity contribution is 6.06. The van der Waals surface area contributed by atoms with Crippen LogP contribution in [0.25, 0.3) is 10.9 Å². The van der Waals surface area contributed by atoms with E-state index < -0.39 is 0 Å². The number of rotatable bonds is 6. The predicted molar refractivity (Wildman–Crippen MR) is 119 cm³/mol. The zero-order valence-corrected chi connectivity index (χ0v) is 17.8. The van der Waals surface area contributed by atoms with Gasteiger partial charge in [-0.25, -0.2) is 0 Å². The number of hydrogen-bond acceptors (Lipinski definition) is 5. The average Bonchev–Trinajstić information content (AvgIpc) is 3.39. The molecule has 7 heteroatoms. The molecule has 5 rings (SSSR count). The number of aromatic nitrogens is 2. The Morgan fingerprint density at radius 3 is 2.55 bits per heavy atom. The molecule has 2 heterocycles. The number of methoxy groups -OCH3 is 1. The number of nitrogens with one attached hydrogen (secondary N) is 1. The van der Waals surface area contributed by atoms with Crippen LogP contribution in [0.15, 0.2) is 42.5 Å². The van der Waals surface area contributed by atoms with E-state index in [-0.39, 0.29) is 11.9 Å². The number of fused-ring (bicyclic) bond motifs is 2. The largest absolute Gasteiger partial charge is 0.494 e. The first-order chi connectivity index (χ1) is 15.2. The number of morpholine rings is 1. The molecule has 1 aliphatic carbocycles. The maximum Gasteiger partial charge on any atom is 0.272 e. The third-order valence-electron chi connectivity index (χ3n) is 6.29. The monoisotopic (exact) mass is 420 g/mol. The smallest absolute Gasteiger partial charge is 0.272 e. The van der Waals surface area contributed by atoms with Crippen LogP contribution in [0.2, 0.25) is 0 Å². The third-order valence-corrected chi connectivity index (χ3v) is 6.29. The quantitative estimate of drug-likeness (QED) is 0.663. The molecule has 7 nitrogen and oxygen atoms in total. The Kier molecular flexibility index (Phi) is 5.61. The van der Waals surface area contributed by atoms with E-state index >= 15 is 0 Å². The van der Waals surface area contributed by atoms with Gasteiger partial charge in [0.2, 0.25) is 0 Å². The lowest BCUT2D eigenvalue weighted by molar-refractivity contribution is 0.0361. The van der Waals surface area contributed by atoms with Crippen molar-refractivity contribution in [3.8, 4) is 5.75 Å². The minimum atomic E-state index is -0.124. The molecule has 3 aromatic rings. The van der Waals surface area contributed by atoms with Crippen LogP contribution < -0.4 is 10.1 Å². The van der Waals surface area contributed by atoms with Crippen LogP contribution in [-0.4, -0.2) is 66.6 Å². The van der Waals surface area contributed by atoms with Crippen molar-refractivity contribution in [3.63, 3.8) is 0 Å². The number of carbonyl (C=O) groups excluding carboxylic acids is 1. The zero-order chi connectivity index (χ0) is 21.2. The molecule has 0 radical (unpaired) electrons. The molecule has 1 saturated heterocycles. The lowest BCUT2D eigenvalue weighted by Crippen LogP contribution is -2.38. The summed E-state index contributed by atoms with van der Waals surface area (Å²) in [6.45, 7) is 4.93. The van der Waals surface area contributed by atoms with Gasteiger partial charge in [-0.1, -0.05) is 36.4 Å². The van der Waals surface area contributed by atoms with Crippen LogP contribution in [0, 0.1) is 0 Å². The maximum atomic E-state index is 13.2. The second kappa shape index (κ2) is 8.69. The van der Waals surface area contributed by atoms with E-state index in [2.05, 4.69) is 34.5 Å². The van der Waals surface area contributed by atoms with Gasteiger partial charge in [-0.15, -0.1) is 0 Å². The number of nitrogens with zero attached hydrogens (tertiary/aromatic N) is 3. The first-order valence-corrected chi connectivity index (χ1v) is 10.9. The Balaban J connectivity index is 1.38. The van der Waals surface area contributed by atoms with Gasteiger partial charge in [0, 0.05) is 31.1 Å². The normalized spacial score (nSPS) is 17.1. The second-order valence-electron chi connectivity index (χ2n) is 8.23. The van der Waals surface area contributed by atoms with Gasteiger partial charge in [-0.3, -0.25) is 14.4 Å². The number of para-hydroxylation sites is 1. The minimum Gasteiger partial charge on any atom is -0.494 e. The summed E-state index contributed by atoms with van der Waals surface area (Å²) in [5.74, 6) is 0.612. The number of amides is 1. The number of hydrogen-bond donors (Lipinski definition) is 1. The Hall–Kier alpha value is -2.90. The Morgan fingerprint density at radius 1 is 1.10 bits per heavy atom. The van der Waals surface area contributed by atoms with E-state index in [1.165, 1.54) is 11.1 Å². The molecule has 1 aliphatic heterocycles. The van der Waals surface area contributed by atoms with E-state index in [1.54, 1.807) is 7.11 Å². The van der Waals surface area contributed by atoms with Crippen molar-refractivity contribution < 1.29 is 14.3 Å². The number of benzene rings is 2. The summed E-state index contributed by atoms with van der Waals surface area (Å²) < 4.78 is 13.0. The van der Waals surface area contributed by atoms with Crippen LogP contribution >= 0.6 is 0 Å². The fourth-order valence-corrected chi connectivity index (χ4v) is 4.67. The molecule has 162 valence electrons. The van der Waals surface area contributed by atoms with Gasteiger partial charge in [0.15, 0.2) is 5.69 Å². The molecule has 0 atom stereocenters. The molecule has 1 aromatic heterocycles. The first kappa shape index (κ1) is 20.0. The van der Waals surface area contributed by atoms with Crippen molar-refractivity contribution in [2.75, 3.05) is 40.0 Å². The second-order valence-corrected chi connectivity index (χ2v) is 8.23. The number of carbonyl (C=O) groups is 1. The maximum absolute atomic E-state index is 13.2. The lowest BCUT2D eigenvalue weighted by Gasteiger charge is -2.26. The molecule has 1 fully saturated rings. The van der Waals surface area contributed by atoms with E-state index in [0.717, 1.165) is 62.3 Å². The van der Waals surface area contributed by atoms with Gasteiger partial charge < -0.3 is 14.8 Å². The Bertz CT molecular complexity index is 1060. The van der Waals surface area contributed by atoms with Crippen molar-refractivity contribution in [2.45, 2.75) is 25.4 Å². The Morgan fingerprint density at radius 2 is 1.84 bits per heavy atom. The highest BCUT2D eigenvalue weighted by Crippen LogP contribution is 2.29. The van der Waals surface area contributed by atoms with Crippen molar-refractivity contribution >= 4 is 16.8 Å². The summed E-state index contributed by atoms with van der Waals surface area (Å²) in [5.41, 5.74) is 3.97. The fraction of sp³-hybridized carbons (Fsp3) is 0.417. The zero-order valence-electron chi connectivity index (χ0n) is 17.8. The number of ether oxygens (including phenoxy) is 2. The molecule has 0 saturated carbocycles.